The minimum Gasteiger partial charge on any atom is -0.459 e. The first-order valence-electron chi connectivity index (χ1n) is 16.7. The van der Waals surface area contributed by atoms with Crippen molar-refractivity contribution in [2.75, 3.05) is 26.0 Å². The Labute approximate surface area is 290 Å². The Morgan fingerprint density at radius 3 is 2.37 bits per heavy atom. The van der Waals surface area contributed by atoms with Gasteiger partial charge in [0.15, 0.2) is 5.72 Å². The van der Waals surface area contributed by atoms with E-state index in [0.717, 1.165) is 10.9 Å². The number of anilines is 1. The topological polar surface area (TPSA) is 144 Å². The van der Waals surface area contributed by atoms with Crippen molar-refractivity contribution in [3.05, 3.63) is 102 Å². The molecule has 0 radical (unpaired) electrons. The van der Waals surface area contributed by atoms with Crippen LogP contribution < -0.4 is 10.6 Å². The summed E-state index contributed by atoms with van der Waals surface area (Å²) in [5.74, 6) is -2.15. The Morgan fingerprint density at radius 2 is 1.65 bits per heavy atom. The quantitative estimate of drug-likeness (QED) is 0.122. The van der Waals surface area contributed by atoms with Crippen LogP contribution in [0.25, 0.3) is 43.6 Å². The Balaban J connectivity index is 1.16. The molecule has 12 nitrogen and oxygen atoms in total. The van der Waals surface area contributed by atoms with Crippen LogP contribution in [0.5, 0.6) is 0 Å². The second-order valence-corrected chi connectivity index (χ2v) is 13.8. The van der Waals surface area contributed by atoms with Gasteiger partial charge in [-0.1, -0.05) is 54.6 Å². The first-order valence-corrected chi connectivity index (χ1v) is 16.7. The summed E-state index contributed by atoms with van der Waals surface area (Å²) in [6.07, 6.45) is 2.23. The molecule has 3 atom stereocenters. The molecule has 3 amide bonds. The number of aromatic nitrogens is 2. The molecule has 3 aliphatic heterocycles. The summed E-state index contributed by atoms with van der Waals surface area (Å²) >= 11 is 0. The SMILES string of the molecule is CN(C)C/C=C/C(=O)Nc1cccc(COC(=O)[C@@]2(O)CC3O[C@]2(C)n2c4ccccc4c4c5c(c6c7ccccc7n3c6c42)C(=O)NC5=O)c1. The zero-order chi connectivity index (χ0) is 35.4. The molecule has 0 saturated carbocycles. The van der Waals surface area contributed by atoms with Crippen LogP contribution in [0, 0.1) is 0 Å². The van der Waals surface area contributed by atoms with E-state index in [9.17, 15) is 24.3 Å². The van der Waals surface area contributed by atoms with Gasteiger partial charge in [-0.2, -0.15) is 0 Å². The fourth-order valence-electron chi connectivity index (χ4n) is 8.20. The molecular formula is C39H33N5O7. The molecule has 0 aliphatic carbocycles. The van der Waals surface area contributed by atoms with E-state index in [4.69, 9.17) is 9.47 Å². The van der Waals surface area contributed by atoms with Gasteiger partial charge in [0, 0.05) is 46.3 Å². The van der Waals surface area contributed by atoms with E-state index < -0.39 is 35.3 Å². The number of amides is 3. The smallest absolute Gasteiger partial charge is 0.343 e. The molecule has 5 heterocycles. The van der Waals surface area contributed by atoms with Crippen LogP contribution in [0.2, 0.25) is 0 Å². The number of esters is 1. The van der Waals surface area contributed by atoms with Gasteiger partial charge in [-0.3, -0.25) is 19.7 Å². The summed E-state index contributed by atoms with van der Waals surface area (Å²) < 4.78 is 16.4. The highest BCUT2D eigenvalue weighted by Gasteiger charge is 2.66. The number of hydrogen-bond acceptors (Lipinski definition) is 8. The predicted molar refractivity (Wildman–Crippen MR) is 190 cm³/mol. The minimum atomic E-state index is -2.19. The Hall–Kier alpha value is -5.82. The maximum Gasteiger partial charge on any atom is 0.343 e. The summed E-state index contributed by atoms with van der Waals surface area (Å²) in [6.45, 7) is 2.11. The summed E-state index contributed by atoms with van der Waals surface area (Å²) in [5.41, 5.74) is 0.410. The van der Waals surface area contributed by atoms with Crippen molar-refractivity contribution >= 4 is 73.0 Å². The molecule has 51 heavy (non-hydrogen) atoms. The molecule has 256 valence electrons. The number of carbonyl (C=O) groups excluding carboxylic acids is 4. The van der Waals surface area contributed by atoms with Gasteiger partial charge in [0.1, 0.15) is 12.8 Å². The first kappa shape index (κ1) is 31.2. The number of fused-ring (bicyclic) bond motifs is 13. The van der Waals surface area contributed by atoms with Crippen LogP contribution >= 0.6 is 0 Å². The van der Waals surface area contributed by atoms with Crippen LogP contribution in [-0.4, -0.2) is 69.1 Å². The van der Waals surface area contributed by atoms with Gasteiger partial charge in [0.25, 0.3) is 11.8 Å². The molecule has 0 spiro atoms. The molecular weight excluding hydrogens is 650 g/mol. The van der Waals surface area contributed by atoms with E-state index in [1.165, 1.54) is 6.08 Å². The van der Waals surface area contributed by atoms with Crippen molar-refractivity contribution in [3.63, 3.8) is 0 Å². The van der Waals surface area contributed by atoms with E-state index in [1.807, 2.05) is 72.1 Å². The number of imide groups is 1. The molecule has 2 aromatic heterocycles. The molecule has 3 aliphatic rings. The van der Waals surface area contributed by atoms with Gasteiger partial charge in [0.2, 0.25) is 11.5 Å². The van der Waals surface area contributed by atoms with E-state index in [-0.39, 0.29) is 24.5 Å². The summed E-state index contributed by atoms with van der Waals surface area (Å²) in [7, 11) is 3.82. The van der Waals surface area contributed by atoms with Crippen LogP contribution in [-0.2, 0) is 31.4 Å². The average Bonchev–Trinajstić information content (AvgIpc) is 3.77. The standard InChI is InChI=1S/C39H33N5O7/c1-38-39(49,37(48)50-20-21-10-8-11-22(18-21)40-27(45)16-9-17-42(2)3)19-28(51-38)43-25-14-6-4-12-23(25)29-31-32(36(47)41-35(31)46)30-24-13-5-7-15-26(24)44(38)34(30)33(29)43/h4-16,18,28,49H,17,19-20H2,1-3H3,(H,40,45)(H,41,46,47)/b16-9+/t28?,38-,39-/m0/s1. The number of nitrogens with one attached hydrogen (secondary N) is 2. The third-order valence-electron chi connectivity index (χ3n) is 10.4. The van der Waals surface area contributed by atoms with Gasteiger partial charge in [-0.25, -0.2) is 4.79 Å². The van der Waals surface area contributed by atoms with Crippen LogP contribution in [0.1, 0.15) is 45.9 Å². The minimum absolute atomic E-state index is 0.152. The summed E-state index contributed by atoms with van der Waals surface area (Å²) in [6, 6.07) is 21.9. The lowest BCUT2D eigenvalue weighted by atomic mass is 9.88. The third-order valence-corrected chi connectivity index (χ3v) is 10.4. The number of hydrogen-bond donors (Lipinski definition) is 3. The zero-order valence-corrected chi connectivity index (χ0v) is 28.0. The fourth-order valence-corrected chi connectivity index (χ4v) is 8.20. The normalized spacial score (nSPS) is 22.2. The second-order valence-electron chi connectivity index (χ2n) is 13.8. The van der Waals surface area contributed by atoms with Gasteiger partial charge in [0.05, 0.1) is 33.2 Å². The molecule has 9 rings (SSSR count). The van der Waals surface area contributed by atoms with Crippen molar-refractivity contribution in [3.8, 4) is 0 Å². The third kappa shape index (κ3) is 4.24. The van der Waals surface area contributed by atoms with Crippen molar-refractivity contribution < 1.29 is 33.8 Å². The Bertz CT molecular complexity index is 2580. The average molecular weight is 684 g/mol. The van der Waals surface area contributed by atoms with Gasteiger partial charge < -0.3 is 33.9 Å². The Morgan fingerprint density at radius 1 is 0.980 bits per heavy atom. The second kappa shape index (κ2) is 10.8. The zero-order valence-electron chi connectivity index (χ0n) is 28.0. The highest BCUT2D eigenvalue weighted by atomic mass is 16.6. The summed E-state index contributed by atoms with van der Waals surface area (Å²) in [4.78, 5) is 55.7. The number of nitrogens with zero attached hydrogens (tertiary/aromatic N) is 3. The van der Waals surface area contributed by atoms with E-state index >= 15 is 0 Å². The highest BCUT2D eigenvalue weighted by Crippen LogP contribution is 2.57. The predicted octanol–water partition coefficient (Wildman–Crippen LogP) is 4.92. The van der Waals surface area contributed by atoms with Crippen LogP contribution in [0.3, 0.4) is 0 Å². The number of carbonyl (C=O) groups is 4. The Kier molecular flexibility index (Phi) is 6.63. The molecule has 6 aromatic rings. The van der Waals surface area contributed by atoms with Crippen LogP contribution in [0.15, 0.2) is 84.9 Å². The van der Waals surface area contributed by atoms with Crippen molar-refractivity contribution in [1.29, 1.82) is 0 Å². The first-order chi connectivity index (χ1) is 24.5. The lowest BCUT2D eigenvalue weighted by Crippen LogP contribution is -2.56. The van der Waals surface area contributed by atoms with Crippen molar-refractivity contribution in [2.45, 2.75) is 37.5 Å². The molecule has 2 bridgehead atoms. The maximum atomic E-state index is 14.3. The maximum absolute atomic E-state index is 14.3. The number of ether oxygens (including phenoxy) is 2. The molecule has 4 aromatic carbocycles. The molecule has 1 unspecified atom stereocenters. The van der Waals surface area contributed by atoms with E-state index in [2.05, 4.69) is 10.6 Å². The van der Waals surface area contributed by atoms with Gasteiger partial charge in [-0.05, 0) is 50.8 Å². The molecule has 3 N–H and O–H groups in total. The lowest BCUT2D eigenvalue weighted by Gasteiger charge is -2.37. The number of benzene rings is 4. The van der Waals surface area contributed by atoms with E-state index in [0.29, 0.717) is 56.1 Å². The fraction of sp³-hybridized carbons (Fsp3) is 0.231. The van der Waals surface area contributed by atoms with Gasteiger partial charge in [-0.15, -0.1) is 0 Å². The highest BCUT2D eigenvalue weighted by molar-refractivity contribution is 6.39. The number of likely N-dealkylation sites (N-methyl/N-ethyl adjacent to an activating group) is 1. The lowest BCUT2D eigenvalue weighted by molar-refractivity contribution is -0.205. The molecule has 1 fully saturated rings. The van der Waals surface area contributed by atoms with Gasteiger partial charge >= 0.3 is 5.97 Å². The summed E-state index contributed by atoms with van der Waals surface area (Å²) in [5, 5.41) is 20.6. The number of rotatable bonds is 7. The number of aliphatic hydroxyl groups is 1. The molecule has 12 heteroatoms. The van der Waals surface area contributed by atoms with Crippen molar-refractivity contribution in [1.82, 2.24) is 19.4 Å². The van der Waals surface area contributed by atoms with Crippen LogP contribution in [0.4, 0.5) is 5.69 Å². The molecule has 1 saturated heterocycles. The van der Waals surface area contributed by atoms with E-state index in [1.54, 1.807) is 41.8 Å². The van der Waals surface area contributed by atoms with Crippen molar-refractivity contribution in [2.24, 2.45) is 0 Å². The largest absolute Gasteiger partial charge is 0.459 e. The monoisotopic (exact) mass is 683 g/mol. The number of para-hydroxylation sites is 2.